The van der Waals surface area contributed by atoms with Crippen LogP contribution in [0.1, 0.15) is 54.0 Å². The van der Waals surface area contributed by atoms with Crippen molar-refractivity contribution in [2.45, 2.75) is 64.7 Å². The molecule has 0 bridgehead atoms. The first kappa shape index (κ1) is 24.5. The van der Waals surface area contributed by atoms with Crippen LogP contribution in [-0.4, -0.2) is 29.1 Å². The maximum absolute atomic E-state index is 14.0. The fourth-order valence-corrected chi connectivity index (χ4v) is 6.39. The molecular weight excluding hydrogens is 469 g/mol. The van der Waals surface area contributed by atoms with Gasteiger partial charge < -0.3 is 4.74 Å². The van der Waals surface area contributed by atoms with Crippen LogP contribution in [0.15, 0.2) is 42.6 Å². The van der Waals surface area contributed by atoms with Crippen molar-refractivity contribution in [3.8, 4) is 0 Å². The van der Waals surface area contributed by atoms with Crippen molar-refractivity contribution in [3.63, 3.8) is 0 Å². The molecule has 1 saturated heterocycles. The fourth-order valence-electron chi connectivity index (χ4n) is 5.67. The molecule has 2 aliphatic heterocycles. The topological polar surface area (TPSA) is 25.4 Å². The summed E-state index contributed by atoms with van der Waals surface area (Å²) in [6, 6.07) is 10.2. The summed E-state index contributed by atoms with van der Waals surface area (Å²) in [6.45, 7) is 8.41. The molecular formula is C28H31F3N2OS. The SMILES string of the molecule is Cc1ccc(C(C)(C)N2CC[C@@](CCc3ccc(F)s3)([C@H]3Cc4cc(F)c(F)cc4CO3)C2)cn1. The van der Waals surface area contributed by atoms with E-state index in [0.717, 1.165) is 59.6 Å². The Balaban J connectivity index is 1.43. The van der Waals surface area contributed by atoms with Crippen molar-refractivity contribution in [3.05, 3.63) is 86.6 Å². The van der Waals surface area contributed by atoms with E-state index in [1.165, 1.54) is 29.5 Å². The molecule has 3 aromatic rings. The van der Waals surface area contributed by atoms with Crippen LogP contribution in [0.2, 0.25) is 0 Å². The molecule has 0 amide bonds. The molecule has 4 heterocycles. The maximum atomic E-state index is 14.0. The van der Waals surface area contributed by atoms with E-state index >= 15 is 0 Å². The van der Waals surface area contributed by atoms with Gasteiger partial charge >= 0.3 is 0 Å². The van der Waals surface area contributed by atoms with Gasteiger partial charge in [-0.1, -0.05) is 6.07 Å². The summed E-state index contributed by atoms with van der Waals surface area (Å²) in [5, 5.41) is -0.171. The number of benzene rings is 1. The minimum absolute atomic E-state index is 0.124. The van der Waals surface area contributed by atoms with Crippen LogP contribution < -0.4 is 0 Å². The van der Waals surface area contributed by atoms with Crippen molar-refractivity contribution >= 4 is 11.3 Å². The Bertz CT molecular complexity index is 1210. The Hall–Kier alpha value is -2.22. The zero-order chi connectivity index (χ0) is 24.8. The fraction of sp³-hybridized carbons (Fsp3) is 0.464. The molecule has 2 atom stereocenters. The monoisotopic (exact) mass is 500 g/mol. The first-order chi connectivity index (χ1) is 16.7. The average Bonchev–Trinajstić information content (AvgIpc) is 3.46. The number of pyridine rings is 1. The number of halogens is 3. The van der Waals surface area contributed by atoms with Gasteiger partial charge in [-0.2, -0.15) is 4.39 Å². The number of fused-ring (bicyclic) bond motifs is 1. The normalized spacial score (nSPS) is 23.0. The second kappa shape index (κ2) is 9.34. The van der Waals surface area contributed by atoms with Gasteiger partial charge in [-0.3, -0.25) is 9.88 Å². The lowest BCUT2D eigenvalue weighted by atomic mass is 9.73. The molecule has 35 heavy (non-hydrogen) atoms. The summed E-state index contributed by atoms with van der Waals surface area (Å²) < 4.78 is 47.9. The van der Waals surface area contributed by atoms with E-state index in [-0.39, 0.29) is 28.8 Å². The van der Waals surface area contributed by atoms with Gasteiger partial charge in [0, 0.05) is 34.3 Å². The Labute approximate surface area is 209 Å². The number of aromatic nitrogens is 1. The second-order valence-electron chi connectivity index (χ2n) is 10.5. The summed E-state index contributed by atoms with van der Waals surface area (Å²) in [7, 11) is 0. The van der Waals surface area contributed by atoms with Crippen LogP contribution in [0.4, 0.5) is 13.2 Å². The lowest BCUT2D eigenvalue weighted by molar-refractivity contribution is -0.0630. The largest absolute Gasteiger partial charge is 0.373 e. The number of nitrogens with zero attached hydrogens (tertiary/aromatic N) is 2. The van der Waals surface area contributed by atoms with Crippen LogP contribution in [0, 0.1) is 29.1 Å². The molecule has 2 aromatic heterocycles. The smallest absolute Gasteiger partial charge is 0.176 e. The lowest BCUT2D eigenvalue weighted by Crippen LogP contribution is -2.46. The highest BCUT2D eigenvalue weighted by molar-refractivity contribution is 7.10. The van der Waals surface area contributed by atoms with Crippen molar-refractivity contribution in [1.29, 1.82) is 0 Å². The van der Waals surface area contributed by atoms with Crippen molar-refractivity contribution < 1.29 is 17.9 Å². The molecule has 0 aliphatic carbocycles. The van der Waals surface area contributed by atoms with Crippen LogP contribution in [0.25, 0.3) is 0 Å². The van der Waals surface area contributed by atoms with E-state index in [9.17, 15) is 13.2 Å². The Kier molecular flexibility index (Phi) is 6.53. The first-order valence-corrected chi connectivity index (χ1v) is 13.0. The van der Waals surface area contributed by atoms with Crippen LogP contribution in [-0.2, 0) is 29.7 Å². The Morgan fingerprint density at radius 1 is 1.11 bits per heavy atom. The zero-order valence-corrected chi connectivity index (χ0v) is 21.2. The average molecular weight is 501 g/mol. The highest BCUT2D eigenvalue weighted by atomic mass is 32.1. The number of hydrogen-bond acceptors (Lipinski definition) is 4. The van der Waals surface area contributed by atoms with E-state index in [1.807, 2.05) is 25.3 Å². The summed E-state index contributed by atoms with van der Waals surface area (Å²) >= 11 is 1.19. The molecule has 1 aromatic carbocycles. The van der Waals surface area contributed by atoms with Gasteiger partial charge in [0.05, 0.1) is 12.7 Å². The summed E-state index contributed by atoms with van der Waals surface area (Å²) in [4.78, 5) is 8.01. The predicted molar refractivity (Wildman–Crippen MR) is 132 cm³/mol. The van der Waals surface area contributed by atoms with E-state index in [4.69, 9.17) is 4.74 Å². The van der Waals surface area contributed by atoms with Gasteiger partial charge in [-0.15, -0.1) is 11.3 Å². The van der Waals surface area contributed by atoms with Crippen LogP contribution in [0.3, 0.4) is 0 Å². The number of likely N-dealkylation sites (tertiary alicyclic amines) is 1. The molecule has 0 spiro atoms. The van der Waals surface area contributed by atoms with Crippen molar-refractivity contribution in [2.24, 2.45) is 5.41 Å². The van der Waals surface area contributed by atoms with Gasteiger partial charge in [0.2, 0.25) is 0 Å². The quantitative estimate of drug-likeness (QED) is 0.383. The minimum Gasteiger partial charge on any atom is -0.373 e. The molecule has 2 aliphatic rings. The highest BCUT2D eigenvalue weighted by Gasteiger charge is 2.49. The van der Waals surface area contributed by atoms with Crippen LogP contribution in [0.5, 0.6) is 0 Å². The molecule has 0 unspecified atom stereocenters. The summed E-state index contributed by atoms with van der Waals surface area (Å²) in [5.41, 5.74) is 3.28. The van der Waals surface area contributed by atoms with E-state index in [2.05, 4.69) is 29.8 Å². The van der Waals surface area contributed by atoms with E-state index < -0.39 is 11.6 Å². The molecule has 5 rings (SSSR count). The van der Waals surface area contributed by atoms with Crippen LogP contribution >= 0.6 is 11.3 Å². The molecule has 3 nitrogen and oxygen atoms in total. The Morgan fingerprint density at radius 3 is 2.57 bits per heavy atom. The number of aryl methyl sites for hydroxylation is 2. The molecule has 0 saturated carbocycles. The van der Waals surface area contributed by atoms with Gasteiger partial charge in [-0.25, -0.2) is 8.78 Å². The number of thiophene rings is 1. The maximum Gasteiger partial charge on any atom is 0.176 e. The van der Waals surface area contributed by atoms with Crippen molar-refractivity contribution in [2.75, 3.05) is 13.1 Å². The van der Waals surface area contributed by atoms with Gasteiger partial charge in [0.1, 0.15) is 0 Å². The summed E-state index contributed by atoms with van der Waals surface area (Å²) in [6.07, 6.45) is 4.91. The number of rotatable bonds is 6. The standard InChI is InChI=1S/C28H31F3N2OS/c1-18-4-5-21(15-32-18)27(2,3)33-11-10-28(17-33,9-8-22-6-7-26(31)35-22)25-14-19-12-23(29)24(30)13-20(19)16-34-25/h4-7,12-13,15,25H,8-11,14,16-17H2,1-3H3/t25-,28-/m1/s1. The summed E-state index contributed by atoms with van der Waals surface area (Å²) in [5.74, 6) is -1.64. The molecule has 0 radical (unpaired) electrons. The third kappa shape index (κ3) is 4.78. The lowest BCUT2D eigenvalue weighted by Gasteiger charge is -2.42. The Morgan fingerprint density at radius 2 is 1.89 bits per heavy atom. The van der Waals surface area contributed by atoms with Crippen molar-refractivity contribution in [1.82, 2.24) is 9.88 Å². The molecule has 186 valence electrons. The van der Waals surface area contributed by atoms with Gasteiger partial charge in [0.15, 0.2) is 16.8 Å². The minimum atomic E-state index is -0.833. The molecule has 7 heteroatoms. The second-order valence-corrected chi connectivity index (χ2v) is 11.6. The molecule has 0 N–H and O–H groups in total. The number of ether oxygens (including phenoxy) is 1. The van der Waals surface area contributed by atoms with Gasteiger partial charge in [0.25, 0.3) is 0 Å². The van der Waals surface area contributed by atoms with E-state index in [1.54, 1.807) is 0 Å². The highest BCUT2D eigenvalue weighted by Crippen LogP contribution is 2.47. The first-order valence-electron chi connectivity index (χ1n) is 12.2. The zero-order valence-electron chi connectivity index (χ0n) is 20.4. The van der Waals surface area contributed by atoms with Gasteiger partial charge in [-0.05, 0) is 100 Å². The number of hydrogen-bond donors (Lipinski definition) is 0. The molecule has 1 fully saturated rings. The third-order valence-electron chi connectivity index (χ3n) is 8.06. The van der Waals surface area contributed by atoms with E-state index in [0.29, 0.717) is 6.42 Å². The predicted octanol–water partition coefficient (Wildman–Crippen LogP) is 6.57. The third-order valence-corrected chi connectivity index (χ3v) is 9.00.